The summed E-state index contributed by atoms with van der Waals surface area (Å²) in [6.07, 6.45) is 1.87. The van der Waals surface area contributed by atoms with E-state index in [4.69, 9.17) is 9.84 Å². The van der Waals surface area contributed by atoms with Crippen LogP contribution in [0.1, 0.15) is 29.9 Å². The first-order valence-electron chi connectivity index (χ1n) is 5.15. The van der Waals surface area contributed by atoms with Crippen molar-refractivity contribution in [2.24, 2.45) is 0 Å². The van der Waals surface area contributed by atoms with Crippen LogP contribution in [0.3, 0.4) is 0 Å². The molecule has 0 saturated carbocycles. The lowest BCUT2D eigenvalue weighted by Crippen LogP contribution is -2.15. The molecule has 0 spiro atoms. The van der Waals surface area contributed by atoms with Gasteiger partial charge in [0.1, 0.15) is 5.75 Å². The van der Waals surface area contributed by atoms with E-state index in [1.54, 1.807) is 0 Å². The maximum absolute atomic E-state index is 8.96. The number of hydrogen-bond donors (Lipinski definition) is 1. The number of benzene rings is 1. The first-order valence-corrected chi connectivity index (χ1v) is 5.15. The van der Waals surface area contributed by atoms with Crippen LogP contribution in [-0.2, 0) is 0 Å². The summed E-state index contributed by atoms with van der Waals surface area (Å²) in [6, 6.07) is 6.32. The second-order valence-electron chi connectivity index (χ2n) is 3.89. The van der Waals surface area contributed by atoms with E-state index in [-0.39, 0.29) is 6.61 Å². The van der Waals surface area contributed by atoms with E-state index in [0.29, 0.717) is 5.92 Å². The SMILES string of the molecule is Cc1ccc2c(c1)OCCC2CCO. The Bertz CT molecular complexity index is 320. The zero-order chi connectivity index (χ0) is 9.97. The maximum Gasteiger partial charge on any atom is 0.123 e. The molecule has 1 heterocycles. The highest BCUT2D eigenvalue weighted by atomic mass is 16.5. The maximum atomic E-state index is 8.96. The van der Waals surface area contributed by atoms with Gasteiger partial charge in [-0.2, -0.15) is 0 Å². The fourth-order valence-corrected chi connectivity index (χ4v) is 2.03. The summed E-state index contributed by atoms with van der Waals surface area (Å²) in [5.74, 6) is 1.49. The molecule has 2 heteroatoms. The van der Waals surface area contributed by atoms with Crippen LogP contribution in [0.15, 0.2) is 18.2 Å². The van der Waals surface area contributed by atoms with E-state index in [1.165, 1.54) is 11.1 Å². The Morgan fingerprint density at radius 3 is 3.14 bits per heavy atom. The number of fused-ring (bicyclic) bond motifs is 1. The van der Waals surface area contributed by atoms with Crippen LogP contribution in [0.25, 0.3) is 0 Å². The minimum Gasteiger partial charge on any atom is -0.493 e. The first kappa shape index (κ1) is 9.53. The Morgan fingerprint density at radius 2 is 2.36 bits per heavy atom. The minimum atomic E-state index is 0.262. The molecule has 0 fully saturated rings. The third kappa shape index (κ3) is 1.75. The molecule has 0 amide bonds. The number of hydrogen-bond acceptors (Lipinski definition) is 2. The van der Waals surface area contributed by atoms with Gasteiger partial charge < -0.3 is 9.84 Å². The number of aliphatic hydroxyl groups excluding tert-OH is 1. The van der Waals surface area contributed by atoms with E-state index < -0.39 is 0 Å². The van der Waals surface area contributed by atoms with Gasteiger partial charge in [0.25, 0.3) is 0 Å². The number of aryl methyl sites for hydroxylation is 1. The highest BCUT2D eigenvalue weighted by molar-refractivity contribution is 5.40. The van der Waals surface area contributed by atoms with Crippen molar-refractivity contribution in [1.82, 2.24) is 0 Å². The van der Waals surface area contributed by atoms with Gasteiger partial charge >= 0.3 is 0 Å². The molecule has 0 aliphatic carbocycles. The van der Waals surface area contributed by atoms with Crippen molar-refractivity contribution in [2.75, 3.05) is 13.2 Å². The largest absolute Gasteiger partial charge is 0.493 e. The molecule has 0 saturated heterocycles. The molecule has 1 aliphatic heterocycles. The lowest BCUT2D eigenvalue weighted by atomic mass is 9.90. The Hall–Kier alpha value is -1.02. The molecule has 1 N–H and O–H groups in total. The fraction of sp³-hybridized carbons (Fsp3) is 0.500. The van der Waals surface area contributed by atoms with Crippen molar-refractivity contribution in [1.29, 1.82) is 0 Å². The van der Waals surface area contributed by atoms with E-state index in [2.05, 4.69) is 25.1 Å². The summed E-state index contributed by atoms with van der Waals surface area (Å²) in [4.78, 5) is 0. The second kappa shape index (κ2) is 4.01. The quantitative estimate of drug-likeness (QED) is 0.778. The smallest absolute Gasteiger partial charge is 0.123 e. The summed E-state index contributed by atoms with van der Waals surface area (Å²) in [5.41, 5.74) is 2.49. The lowest BCUT2D eigenvalue weighted by Gasteiger charge is -2.25. The van der Waals surface area contributed by atoms with Gasteiger partial charge in [0.15, 0.2) is 0 Å². The monoisotopic (exact) mass is 192 g/mol. The third-order valence-electron chi connectivity index (χ3n) is 2.81. The van der Waals surface area contributed by atoms with Gasteiger partial charge in [0.2, 0.25) is 0 Å². The van der Waals surface area contributed by atoms with Gasteiger partial charge in [-0.15, -0.1) is 0 Å². The number of rotatable bonds is 2. The molecule has 2 nitrogen and oxygen atoms in total. The zero-order valence-corrected chi connectivity index (χ0v) is 8.49. The van der Waals surface area contributed by atoms with Crippen molar-refractivity contribution >= 4 is 0 Å². The van der Waals surface area contributed by atoms with Crippen LogP contribution >= 0.6 is 0 Å². The standard InChI is InChI=1S/C12H16O2/c1-9-2-3-11-10(4-6-13)5-7-14-12(11)8-9/h2-3,8,10,13H,4-7H2,1H3. The summed E-state index contributed by atoms with van der Waals surface area (Å²) in [5, 5.41) is 8.96. The average Bonchev–Trinajstić information content (AvgIpc) is 2.18. The molecule has 1 atom stereocenters. The van der Waals surface area contributed by atoms with E-state index in [0.717, 1.165) is 25.2 Å². The third-order valence-corrected chi connectivity index (χ3v) is 2.81. The highest BCUT2D eigenvalue weighted by Gasteiger charge is 2.20. The zero-order valence-electron chi connectivity index (χ0n) is 8.49. The lowest BCUT2D eigenvalue weighted by molar-refractivity contribution is 0.230. The normalized spacial score (nSPS) is 20.0. The van der Waals surface area contributed by atoms with E-state index >= 15 is 0 Å². The van der Waals surface area contributed by atoms with Gasteiger partial charge in [-0.25, -0.2) is 0 Å². The molecule has 1 aliphatic rings. The summed E-state index contributed by atoms with van der Waals surface area (Å²) in [7, 11) is 0. The molecule has 0 radical (unpaired) electrons. The minimum absolute atomic E-state index is 0.262. The van der Waals surface area contributed by atoms with Gasteiger partial charge in [-0.1, -0.05) is 12.1 Å². The van der Waals surface area contributed by atoms with Crippen molar-refractivity contribution in [3.8, 4) is 5.75 Å². The van der Waals surface area contributed by atoms with Crippen LogP contribution in [0.2, 0.25) is 0 Å². The summed E-state index contributed by atoms with van der Waals surface area (Å²) >= 11 is 0. The van der Waals surface area contributed by atoms with Crippen molar-refractivity contribution in [3.63, 3.8) is 0 Å². The molecule has 14 heavy (non-hydrogen) atoms. The Morgan fingerprint density at radius 1 is 1.50 bits per heavy atom. The predicted octanol–water partition coefficient (Wildman–Crippen LogP) is 2.24. The molecule has 76 valence electrons. The molecule has 1 aromatic rings. The predicted molar refractivity (Wildman–Crippen MR) is 55.7 cm³/mol. The molecule has 1 unspecified atom stereocenters. The van der Waals surface area contributed by atoms with Gasteiger partial charge in [-0.3, -0.25) is 0 Å². The van der Waals surface area contributed by atoms with Crippen LogP contribution in [-0.4, -0.2) is 18.3 Å². The Balaban J connectivity index is 2.30. The number of ether oxygens (including phenoxy) is 1. The van der Waals surface area contributed by atoms with Gasteiger partial charge in [0, 0.05) is 6.61 Å². The first-order chi connectivity index (χ1) is 6.81. The molecule has 1 aromatic carbocycles. The average molecular weight is 192 g/mol. The topological polar surface area (TPSA) is 29.5 Å². The molecule has 0 aromatic heterocycles. The summed E-state index contributed by atoms with van der Waals surface area (Å²) < 4.78 is 5.60. The van der Waals surface area contributed by atoms with Crippen molar-refractivity contribution in [2.45, 2.75) is 25.7 Å². The second-order valence-corrected chi connectivity index (χ2v) is 3.89. The van der Waals surface area contributed by atoms with Crippen LogP contribution in [0.5, 0.6) is 5.75 Å². The summed E-state index contributed by atoms with van der Waals surface area (Å²) in [6.45, 7) is 3.11. The number of aliphatic hydroxyl groups is 1. The van der Waals surface area contributed by atoms with Crippen LogP contribution < -0.4 is 4.74 Å². The van der Waals surface area contributed by atoms with Crippen molar-refractivity contribution in [3.05, 3.63) is 29.3 Å². The molecule has 0 bridgehead atoms. The van der Waals surface area contributed by atoms with Crippen molar-refractivity contribution < 1.29 is 9.84 Å². The molecular weight excluding hydrogens is 176 g/mol. The fourth-order valence-electron chi connectivity index (χ4n) is 2.03. The van der Waals surface area contributed by atoms with Gasteiger partial charge in [-0.05, 0) is 42.9 Å². The van der Waals surface area contributed by atoms with Crippen LogP contribution in [0.4, 0.5) is 0 Å². The Kier molecular flexibility index (Phi) is 2.73. The molecular formula is C12H16O2. The van der Waals surface area contributed by atoms with E-state index in [1.807, 2.05) is 0 Å². The molecule has 2 rings (SSSR count). The highest BCUT2D eigenvalue weighted by Crippen LogP contribution is 2.35. The van der Waals surface area contributed by atoms with E-state index in [9.17, 15) is 0 Å². The Labute approximate surface area is 84.5 Å². The van der Waals surface area contributed by atoms with Gasteiger partial charge in [0.05, 0.1) is 6.61 Å². The van der Waals surface area contributed by atoms with Crippen LogP contribution in [0, 0.1) is 6.92 Å².